The van der Waals surface area contributed by atoms with Gasteiger partial charge in [-0.15, -0.1) is 0 Å². The van der Waals surface area contributed by atoms with Crippen LogP contribution in [0.4, 0.5) is 0 Å². The van der Waals surface area contributed by atoms with Crippen LogP contribution < -0.4 is 0 Å². The molecule has 0 aliphatic heterocycles. The molecule has 1 unspecified atom stereocenters. The third-order valence-corrected chi connectivity index (χ3v) is 9.57. The average Bonchev–Trinajstić information content (AvgIpc) is 3.16. The van der Waals surface area contributed by atoms with E-state index in [1.807, 2.05) is 48.6 Å². The molecule has 0 saturated carbocycles. The van der Waals surface area contributed by atoms with Crippen LogP contribution in [0.2, 0.25) is 0 Å². The molecule has 0 saturated heterocycles. The highest BCUT2D eigenvalue weighted by Gasteiger charge is 2.22. The van der Waals surface area contributed by atoms with Gasteiger partial charge >= 0.3 is 19.8 Å². The van der Waals surface area contributed by atoms with E-state index >= 15 is 0 Å². The summed E-state index contributed by atoms with van der Waals surface area (Å²) >= 11 is 0. The summed E-state index contributed by atoms with van der Waals surface area (Å²) in [6.45, 7) is 3.45. The van der Waals surface area contributed by atoms with Crippen LogP contribution in [-0.4, -0.2) is 52.3 Å². The maximum absolute atomic E-state index is 12.4. The second-order valence-corrected chi connectivity index (χ2v) is 15.7. The Balaban J connectivity index is 4.07. The van der Waals surface area contributed by atoms with E-state index in [4.69, 9.17) is 19.3 Å². The summed E-state index contributed by atoms with van der Waals surface area (Å²) in [6, 6.07) is 0. The fourth-order valence-corrected chi connectivity index (χ4v) is 6.20. The first kappa shape index (κ1) is 53.5. The number of ether oxygens (including phenoxy) is 2. The summed E-state index contributed by atoms with van der Waals surface area (Å²) < 4.78 is 26.3. The van der Waals surface area contributed by atoms with Crippen LogP contribution in [-0.2, 0) is 28.2 Å². The normalized spacial score (nSPS) is 13.7. The van der Waals surface area contributed by atoms with E-state index in [-0.39, 0.29) is 19.4 Å². The van der Waals surface area contributed by atoms with E-state index in [9.17, 15) is 19.3 Å². The molecule has 0 aliphatic carbocycles. The number of rotatable bonds is 39. The van der Waals surface area contributed by atoms with Crippen molar-refractivity contribution in [2.45, 2.75) is 193 Å². The molecule has 3 N–H and O–H groups in total. The fourth-order valence-electron chi connectivity index (χ4n) is 5.84. The molecule has 0 aromatic heterocycles. The number of hydrogen-bond acceptors (Lipinski definition) is 7. The number of hydrogen-bond donors (Lipinski definition) is 3. The second kappa shape index (κ2) is 40.6. The maximum atomic E-state index is 12.4. The molecule has 322 valence electrons. The third-order valence-electron chi connectivity index (χ3n) is 9.08. The lowest BCUT2D eigenvalue weighted by Gasteiger charge is -2.18. The first-order chi connectivity index (χ1) is 27.2. The number of carbonyl (C=O) groups is 2. The van der Waals surface area contributed by atoms with Crippen LogP contribution in [0.3, 0.4) is 0 Å². The van der Waals surface area contributed by atoms with Gasteiger partial charge in [0.2, 0.25) is 0 Å². The van der Waals surface area contributed by atoms with E-state index in [1.54, 1.807) is 6.08 Å². The topological polar surface area (TPSA) is 140 Å². The van der Waals surface area contributed by atoms with Crippen LogP contribution in [0.5, 0.6) is 0 Å². The SMILES string of the molecule is CC/C=C\C/C=C\CC(O)/C=C/C=C\C/C=C\C/C=C\CCC(=O)OC[C@H](COP(=O)(O)O)OC(=O)CCCCCCCCCCCCCCCCCCCC. The number of unbranched alkanes of at least 4 members (excludes halogenated alkanes) is 17. The molecule has 0 heterocycles. The van der Waals surface area contributed by atoms with Crippen LogP contribution in [0.15, 0.2) is 72.9 Å². The number of phosphoric ester groups is 1. The quantitative estimate of drug-likeness (QED) is 0.0182. The molecule has 0 aromatic rings. The van der Waals surface area contributed by atoms with Gasteiger partial charge in [-0.05, 0) is 44.9 Å². The Hall–Kier alpha value is -2.55. The largest absolute Gasteiger partial charge is 0.469 e. The maximum Gasteiger partial charge on any atom is 0.469 e. The Labute approximate surface area is 341 Å². The number of allylic oxidation sites excluding steroid dienone is 10. The molecule has 56 heavy (non-hydrogen) atoms. The highest BCUT2D eigenvalue weighted by atomic mass is 31.2. The van der Waals surface area contributed by atoms with Crippen molar-refractivity contribution >= 4 is 19.8 Å². The summed E-state index contributed by atoms with van der Waals surface area (Å²) in [6.07, 6.45) is 49.5. The smallest absolute Gasteiger partial charge is 0.462 e. The zero-order chi connectivity index (χ0) is 41.2. The van der Waals surface area contributed by atoms with Crippen LogP contribution >= 0.6 is 7.82 Å². The van der Waals surface area contributed by atoms with Crippen LogP contribution in [0, 0.1) is 0 Å². The summed E-state index contributed by atoms with van der Waals surface area (Å²) in [7, 11) is -4.79. The number of aliphatic hydroxyl groups is 1. The van der Waals surface area contributed by atoms with Crippen molar-refractivity contribution in [2.75, 3.05) is 13.2 Å². The molecule has 0 bridgehead atoms. The summed E-state index contributed by atoms with van der Waals surface area (Å²) in [5.41, 5.74) is 0. The van der Waals surface area contributed by atoms with Gasteiger partial charge in [-0.2, -0.15) is 0 Å². The average molecular weight is 807 g/mol. The van der Waals surface area contributed by atoms with Crippen LogP contribution in [0.25, 0.3) is 0 Å². The minimum absolute atomic E-state index is 0.117. The van der Waals surface area contributed by atoms with E-state index in [0.29, 0.717) is 25.7 Å². The first-order valence-corrected chi connectivity index (χ1v) is 23.4. The van der Waals surface area contributed by atoms with Gasteiger partial charge in [0.25, 0.3) is 0 Å². The summed E-state index contributed by atoms with van der Waals surface area (Å²) in [5, 5.41) is 9.97. The predicted octanol–water partition coefficient (Wildman–Crippen LogP) is 12.4. The van der Waals surface area contributed by atoms with Gasteiger partial charge in [-0.1, -0.05) is 196 Å². The minimum atomic E-state index is -4.79. The summed E-state index contributed by atoms with van der Waals surface area (Å²) in [4.78, 5) is 42.9. The Kier molecular flexibility index (Phi) is 38.8. The molecule has 10 heteroatoms. The molecular weight excluding hydrogens is 727 g/mol. The van der Waals surface area contributed by atoms with Gasteiger partial charge in [0.15, 0.2) is 6.10 Å². The summed E-state index contributed by atoms with van der Waals surface area (Å²) in [5.74, 6) is -1.01. The Morgan fingerprint density at radius 2 is 1.07 bits per heavy atom. The van der Waals surface area contributed by atoms with Crippen molar-refractivity contribution in [3.8, 4) is 0 Å². The zero-order valence-corrected chi connectivity index (χ0v) is 36.0. The van der Waals surface area contributed by atoms with Crippen molar-refractivity contribution in [1.82, 2.24) is 0 Å². The van der Waals surface area contributed by atoms with E-state index < -0.39 is 38.6 Å². The predicted molar refractivity (Wildman–Crippen MR) is 231 cm³/mol. The van der Waals surface area contributed by atoms with E-state index in [1.165, 1.54) is 89.9 Å². The highest BCUT2D eigenvalue weighted by molar-refractivity contribution is 7.46. The molecule has 9 nitrogen and oxygen atoms in total. The molecule has 0 spiro atoms. The lowest BCUT2D eigenvalue weighted by molar-refractivity contribution is -0.161. The molecular formula is C46H79O9P. The standard InChI is InChI=1S/C46H79O9P/c1-3-5-7-9-11-12-13-14-15-16-17-18-19-20-25-28-32-36-40-46(49)55-44(42-54-56(50,51)52)41-53-45(48)39-35-31-27-24-22-21-23-26-30-34-38-43(47)37-33-29-10-8-6-4-2/h6,8,21-22,26-27,29-31,33-34,38,43-44,47H,3-5,7,9-20,23-25,28,32,35-37,39-42H2,1-2H3,(H2,50,51,52)/b8-6-,22-21-,30-26-,31-27-,33-29-,38-34+/t43?,44-/m1/s1. The van der Waals surface area contributed by atoms with Gasteiger partial charge in [-0.3, -0.25) is 14.1 Å². The second-order valence-electron chi connectivity index (χ2n) is 14.5. The molecule has 0 amide bonds. The highest BCUT2D eigenvalue weighted by Crippen LogP contribution is 2.36. The minimum Gasteiger partial charge on any atom is -0.462 e. The van der Waals surface area contributed by atoms with Crippen molar-refractivity contribution in [1.29, 1.82) is 0 Å². The molecule has 0 radical (unpaired) electrons. The first-order valence-electron chi connectivity index (χ1n) is 21.8. The number of esters is 2. The Bertz CT molecular complexity index is 1150. The van der Waals surface area contributed by atoms with Gasteiger partial charge in [-0.25, -0.2) is 4.57 Å². The van der Waals surface area contributed by atoms with Gasteiger partial charge in [0, 0.05) is 12.8 Å². The van der Waals surface area contributed by atoms with Gasteiger partial charge in [0.1, 0.15) is 6.61 Å². The van der Waals surface area contributed by atoms with Gasteiger partial charge in [0.05, 0.1) is 12.7 Å². The number of carbonyl (C=O) groups excluding carboxylic acids is 2. The van der Waals surface area contributed by atoms with Crippen LogP contribution in [0.1, 0.15) is 181 Å². The zero-order valence-electron chi connectivity index (χ0n) is 35.1. The number of aliphatic hydroxyl groups excluding tert-OH is 1. The molecule has 0 fully saturated rings. The number of phosphoric acid groups is 1. The molecule has 0 aliphatic rings. The van der Waals surface area contributed by atoms with E-state index in [0.717, 1.165) is 38.5 Å². The fraction of sp³-hybridized carbons (Fsp3) is 0.696. The van der Waals surface area contributed by atoms with Crippen molar-refractivity contribution in [3.63, 3.8) is 0 Å². The van der Waals surface area contributed by atoms with Gasteiger partial charge < -0.3 is 24.4 Å². The third kappa shape index (κ3) is 42.6. The lowest BCUT2D eigenvalue weighted by atomic mass is 10.0. The molecule has 0 rings (SSSR count). The molecule has 0 aromatic carbocycles. The molecule has 2 atom stereocenters. The Morgan fingerprint density at radius 1 is 0.571 bits per heavy atom. The monoisotopic (exact) mass is 807 g/mol. The van der Waals surface area contributed by atoms with E-state index in [2.05, 4.69) is 36.6 Å². The Morgan fingerprint density at radius 3 is 1.62 bits per heavy atom. The van der Waals surface area contributed by atoms with Crippen molar-refractivity contribution in [2.24, 2.45) is 0 Å². The van der Waals surface area contributed by atoms with Crippen molar-refractivity contribution in [3.05, 3.63) is 72.9 Å². The lowest BCUT2D eigenvalue weighted by Crippen LogP contribution is -2.29. The van der Waals surface area contributed by atoms with Crippen molar-refractivity contribution < 1.29 is 43.0 Å².